The van der Waals surface area contributed by atoms with E-state index in [1.54, 1.807) is 23.6 Å². The number of anilines is 1. The average molecular weight is 351 g/mol. The third-order valence-electron chi connectivity index (χ3n) is 3.44. The van der Waals surface area contributed by atoms with Gasteiger partial charge >= 0.3 is 0 Å². The van der Waals surface area contributed by atoms with Crippen molar-refractivity contribution in [3.63, 3.8) is 0 Å². The van der Waals surface area contributed by atoms with E-state index in [9.17, 15) is 4.79 Å². The van der Waals surface area contributed by atoms with E-state index in [1.807, 2.05) is 6.07 Å². The second-order valence-electron chi connectivity index (χ2n) is 4.94. The number of aryl methyl sites for hydroxylation is 2. The number of carbonyl (C=O) groups is 1. The Hall–Kier alpha value is -1.20. The molecule has 104 valence electrons. The lowest BCUT2D eigenvalue weighted by molar-refractivity contribution is 0.103. The van der Waals surface area contributed by atoms with Crippen LogP contribution >= 0.6 is 27.3 Å². The number of thiophene rings is 1. The number of rotatable bonds is 2. The van der Waals surface area contributed by atoms with Gasteiger partial charge in [0.05, 0.1) is 4.88 Å². The van der Waals surface area contributed by atoms with Crippen molar-refractivity contribution < 1.29 is 4.79 Å². The molecule has 0 aromatic carbocycles. The zero-order valence-electron chi connectivity index (χ0n) is 11.0. The number of fused-ring (bicyclic) bond motifs is 1. The lowest BCUT2D eigenvalue weighted by Gasteiger charge is -2.02. The highest BCUT2D eigenvalue weighted by atomic mass is 79.9. The number of amides is 1. The lowest BCUT2D eigenvalue weighted by atomic mass is 10.1. The predicted molar refractivity (Wildman–Crippen MR) is 85.5 cm³/mol. The normalized spacial score (nSPS) is 14.4. The van der Waals surface area contributed by atoms with Gasteiger partial charge in [0.15, 0.2) is 0 Å². The fraction of sp³-hybridized carbons (Fsp3) is 0.333. The summed E-state index contributed by atoms with van der Waals surface area (Å²) in [5.41, 5.74) is 1.36. The van der Waals surface area contributed by atoms with Gasteiger partial charge in [0, 0.05) is 15.5 Å². The maximum atomic E-state index is 12.3. The van der Waals surface area contributed by atoms with Crippen molar-refractivity contribution in [3.05, 3.63) is 44.2 Å². The van der Waals surface area contributed by atoms with Gasteiger partial charge < -0.3 is 5.32 Å². The van der Waals surface area contributed by atoms with Crippen LogP contribution in [0.25, 0.3) is 0 Å². The van der Waals surface area contributed by atoms with Crippen LogP contribution in [0.1, 0.15) is 39.4 Å². The Kier molecular flexibility index (Phi) is 4.17. The van der Waals surface area contributed by atoms with E-state index in [-0.39, 0.29) is 5.91 Å². The Morgan fingerprint density at radius 1 is 1.25 bits per heavy atom. The fourth-order valence-electron chi connectivity index (χ4n) is 2.41. The van der Waals surface area contributed by atoms with Gasteiger partial charge in [-0.15, -0.1) is 11.3 Å². The van der Waals surface area contributed by atoms with E-state index in [2.05, 4.69) is 32.3 Å². The number of carbonyl (C=O) groups excluding carboxylic acids is 1. The first-order valence-electron chi connectivity index (χ1n) is 6.77. The van der Waals surface area contributed by atoms with Crippen molar-refractivity contribution in [2.24, 2.45) is 0 Å². The van der Waals surface area contributed by atoms with Gasteiger partial charge in [0.25, 0.3) is 5.91 Å². The number of halogens is 1. The molecular formula is C15H15BrN2OS. The molecule has 0 spiro atoms. The third-order valence-corrected chi connectivity index (χ3v) is 5.14. The van der Waals surface area contributed by atoms with Crippen molar-refractivity contribution >= 4 is 39.0 Å². The highest BCUT2D eigenvalue weighted by Crippen LogP contribution is 2.29. The molecule has 20 heavy (non-hydrogen) atoms. The Labute approximate surface area is 130 Å². The average Bonchev–Trinajstić information content (AvgIpc) is 2.73. The zero-order valence-corrected chi connectivity index (χ0v) is 13.4. The number of pyridine rings is 1. The van der Waals surface area contributed by atoms with Gasteiger partial charge in [-0.1, -0.05) is 6.42 Å². The summed E-state index contributed by atoms with van der Waals surface area (Å²) in [6.45, 7) is 0. The van der Waals surface area contributed by atoms with Crippen molar-refractivity contribution in [3.8, 4) is 0 Å². The fourth-order valence-corrected chi connectivity index (χ4v) is 3.79. The van der Waals surface area contributed by atoms with Gasteiger partial charge in [0.2, 0.25) is 0 Å². The highest BCUT2D eigenvalue weighted by molar-refractivity contribution is 9.10. The van der Waals surface area contributed by atoms with Gasteiger partial charge in [-0.2, -0.15) is 0 Å². The van der Waals surface area contributed by atoms with Crippen LogP contribution in [0.5, 0.6) is 0 Å². The molecule has 1 aliphatic carbocycles. The molecule has 1 N–H and O–H groups in total. The third kappa shape index (κ3) is 3.10. The Morgan fingerprint density at radius 2 is 2.10 bits per heavy atom. The smallest absolute Gasteiger partial charge is 0.266 e. The monoisotopic (exact) mass is 350 g/mol. The first-order chi connectivity index (χ1) is 9.72. The molecule has 0 atom stereocenters. The van der Waals surface area contributed by atoms with Crippen molar-refractivity contribution in [2.45, 2.75) is 32.1 Å². The van der Waals surface area contributed by atoms with Crippen LogP contribution in [0.4, 0.5) is 5.82 Å². The predicted octanol–water partition coefficient (Wildman–Crippen LogP) is 4.43. The van der Waals surface area contributed by atoms with E-state index in [0.29, 0.717) is 5.82 Å². The summed E-state index contributed by atoms with van der Waals surface area (Å²) in [7, 11) is 0. The van der Waals surface area contributed by atoms with E-state index < -0.39 is 0 Å². The maximum absolute atomic E-state index is 12.3. The second-order valence-corrected chi connectivity index (χ2v) is 6.99. The summed E-state index contributed by atoms with van der Waals surface area (Å²) in [4.78, 5) is 18.6. The minimum Gasteiger partial charge on any atom is -0.306 e. The van der Waals surface area contributed by atoms with Crippen LogP contribution in [0.2, 0.25) is 0 Å². The van der Waals surface area contributed by atoms with Crippen molar-refractivity contribution in [2.75, 3.05) is 5.32 Å². The van der Waals surface area contributed by atoms with Gasteiger partial charge in [-0.05, 0) is 65.4 Å². The van der Waals surface area contributed by atoms with Crippen LogP contribution in [0, 0.1) is 0 Å². The molecule has 1 amide bonds. The molecule has 2 aromatic heterocycles. The molecule has 0 saturated carbocycles. The number of hydrogen-bond donors (Lipinski definition) is 1. The molecule has 0 bridgehead atoms. The van der Waals surface area contributed by atoms with Crippen LogP contribution in [0.15, 0.2) is 28.9 Å². The van der Waals surface area contributed by atoms with Gasteiger partial charge in [-0.25, -0.2) is 4.98 Å². The first kappa shape index (κ1) is 13.8. The van der Waals surface area contributed by atoms with Crippen molar-refractivity contribution in [1.82, 2.24) is 4.98 Å². The van der Waals surface area contributed by atoms with Gasteiger partial charge in [0.1, 0.15) is 5.82 Å². The zero-order chi connectivity index (χ0) is 13.9. The quantitative estimate of drug-likeness (QED) is 0.814. The standard InChI is InChI=1S/C15H15BrN2OS/c16-11-6-7-14(17-9-11)18-15(19)13-8-10-4-2-1-3-5-12(10)20-13/h6-9H,1-5H2,(H,17,18,19). The summed E-state index contributed by atoms with van der Waals surface area (Å²) >= 11 is 4.96. The molecule has 3 nitrogen and oxygen atoms in total. The SMILES string of the molecule is O=C(Nc1ccc(Br)cn1)c1cc2c(s1)CCCCC2. The van der Waals surface area contributed by atoms with Crippen LogP contribution in [-0.2, 0) is 12.8 Å². The second kappa shape index (κ2) is 6.06. The molecule has 0 fully saturated rings. The largest absolute Gasteiger partial charge is 0.306 e. The Morgan fingerprint density at radius 3 is 2.90 bits per heavy atom. The molecule has 2 heterocycles. The topological polar surface area (TPSA) is 42.0 Å². The molecule has 0 saturated heterocycles. The molecule has 0 radical (unpaired) electrons. The minimum absolute atomic E-state index is 0.0575. The van der Waals surface area contributed by atoms with Crippen LogP contribution < -0.4 is 5.32 Å². The Bertz CT molecular complexity index is 598. The highest BCUT2D eigenvalue weighted by Gasteiger charge is 2.16. The summed E-state index contributed by atoms with van der Waals surface area (Å²) in [5.74, 6) is 0.527. The number of nitrogens with zero attached hydrogens (tertiary/aromatic N) is 1. The molecule has 2 aromatic rings. The molecular weight excluding hydrogens is 336 g/mol. The number of nitrogens with one attached hydrogen (secondary N) is 1. The molecule has 3 rings (SSSR count). The molecule has 1 aliphatic rings. The number of hydrogen-bond acceptors (Lipinski definition) is 3. The van der Waals surface area contributed by atoms with E-state index in [4.69, 9.17) is 0 Å². The Balaban J connectivity index is 1.75. The maximum Gasteiger partial charge on any atom is 0.266 e. The lowest BCUT2D eigenvalue weighted by Crippen LogP contribution is -2.11. The van der Waals surface area contributed by atoms with Crippen LogP contribution in [0.3, 0.4) is 0 Å². The molecule has 0 unspecified atom stereocenters. The molecule has 5 heteroatoms. The van der Waals surface area contributed by atoms with E-state index in [1.165, 1.54) is 29.7 Å². The van der Waals surface area contributed by atoms with Crippen LogP contribution in [-0.4, -0.2) is 10.9 Å². The summed E-state index contributed by atoms with van der Waals surface area (Å²) in [5, 5.41) is 2.85. The van der Waals surface area contributed by atoms with Gasteiger partial charge in [-0.3, -0.25) is 4.79 Å². The molecule has 0 aliphatic heterocycles. The minimum atomic E-state index is -0.0575. The van der Waals surface area contributed by atoms with E-state index in [0.717, 1.165) is 22.2 Å². The van der Waals surface area contributed by atoms with E-state index >= 15 is 0 Å². The number of aromatic nitrogens is 1. The first-order valence-corrected chi connectivity index (χ1v) is 8.38. The summed E-state index contributed by atoms with van der Waals surface area (Å²) < 4.78 is 0.901. The van der Waals surface area contributed by atoms with Crippen molar-refractivity contribution in [1.29, 1.82) is 0 Å². The summed E-state index contributed by atoms with van der Waals surface area (Å²) in [6, 6.07) is 5.71. The summed E-state index contributed by atoms with van der Waals surface area (Å²) in [6.07, 6.45) is 7.67.